The molecule has 1 heterocycles. The second-order valence-electron chi connectivity index (χ2n) is 9.28. The number of hydrogen-bond acceptors (Lipinski definition) is 6. The maximum atomic E-state index is 12.4. The Bertz CT molecular complexity index is 1410. The van der Waals surface area contributed by atoms with Crippen LogP contribution in [0.2, 0.25) is 0 Å². The fourth-order valence-corrected chi connectivity index (χ4v) is 4.15. The number of carboxylic acid groups (broad SMARTS) is 1. The van der Waals surface area contributed by atoms with E-state index in [-0.39, 0.29) is 12.2 Å². The Kier molecular flexibility index (Phi) is 9.29. The molecule has 7 nitrogen and oxygen atoms in total. The van der Waals surface area contributed by atoms with Gasteiger partial charge in [-0.1, -0.05) is 60.7 Å². The fraction of sp³-hybridized carbons (Fsp3) is 0.219. The van der Waals surface area contributed by atoms with Crippen LogP contribution in [0.4, 0.5) is 0 Å². The number of hydrogen-bond donors (Lipinski definition) is 2. The summed E-state index contributed by atoms with van der Waals surface area (Å²) in [7, 11) is 0. The van der Waals surface area contributed by atoms with Gasteiger partial charge in [-0.15, -0.1) is 0 Å². The Labute approximate surface area is 228 Å². The Balaban J connectivity index is 1.26. The number of aryl methyl sites for hydroxylation is 2. The lowest BCUT2D eigenvalue weighted by Crippen LogP contribution is -2.37. The highest BCUT2D eigenvalue weighted by Crippen LogP contribution is 2.22. The van der Waals surface area contributed by atoms with Crippen molar-refractivity contribution in [1.29, 1.82) is 0 Å². The largest absolute Gasteiger partial charge is 0.494 e. The van der Waals surface area contributed by atoms with E-state index in [0.29, 0.717) is 29.5 Å². The van der Waals surface area contributed by atoms with Crippen LogP contribution in [-0.4, -0.2) is 34.5 Å². The number of carboxylic acids is 1. The number of nitrogens with zero attached hydrogens (tertiary/aromatic N) is 1. The molecule has 0 spiro atoms. The van der Waals surface area contributed by atoms with Crippen molar-refractivity contribution in [1.82, 2.24) is 10.3 Å². The first-order valence-corrected chi connectivity index (χ1v) is 12.9. The van der Waals surface area contributed by atoms with E-state index < -0.39 is 12.0 Å². The van der Waals surface area contributed by atoms with Crippen LogP contribution < -0.4 is 10.1 Å². The lowest BCUT2D eigenvalue weighted by atomic mass is 10.1. The van der Waals surface area contributed by atoms with Gasteiger partial charge in [-0.25, -0.2) is 9.78 Å². The number of aromatic nitrogens is 1. The normalized spacial score (nSPS) is 12.1. The van der Waals surface area contributed by atoms with Crippen LogP contribution in [0.3, 0.4) is 0 Å². The third-order valence-electron chi connectivity index (χ3n) is 6.21. The van der Waals surface area contributed by atoms with Gasteiger partial charge in [0.15, 0.2) is 5.78 Å². The van der Waals surface area contributed by atoms with E-state index in [0.717, 1.165) is 35.4 Å². The molecule has 0 aliphatic carbocycles. The summed E-state index contributed by atoms with van der Waals surface area (Å²) in [4.78, 5) is 28.9. The van der Waals surface area contributed by atoms with Crippen molar-refractivity contribution in [2.75, 3.05) is 6.61 Å². The highest BCUT2D eigenvalue weighted by molar-refractivity contribution is 6.04. The molecule has 0 aliphatic rings. The summed E-state index contributed by atoms with van der Waals surface area (Å²) in [5.41, 5.74) is 3.77. The average molecular weight is 525 g/mol. The molecule has 4 rings (SSSR count). The molecule has 7 heteroatoms. The van der Waals surface area contributed by atoms with Gasteiger partial charge in [0, 0.05) is 29.3 Å². The number of ether oxygens (including phenoxy) is 1. The Morgan fingerprint density at radius 1 is 1.00 bits per heavy atom. The lowest BCUT2D eigenvalue weighted by Gasteiger charge is -2.16. The topological polar surface area (TPSA) is 102 Å². The van der Waals surface area contributed by atoms with E-state index in [1.807, 2.05) is 67.6 Å². The minimum absolute atomic E-state index is 0.179. The quantitative estimate of drug-likeness (QED) is 0.125. The average Bonchev–Trinajstić information content (AvgIpc) is 3.32. The fourth-order valence-electron chi connectivity index (χ4n) is 4.15. The number of nitrogens with one attached hydrogen (secondary N) is 1. The zero-order valence-corrected chi connectivity index (χ0v) is 22.1. The number of allylic oxidation sites excluding steroid dienone is 2. The molecule has 2 N–H and O–H groups in total. The SMILES string of the molecule is C/C(=C/C(=O)c1ccccc1)N[C@@H](Cc1ccc(OCCCc2nc(-c3ccccc3)oc2C)cc1)C(=O)O. The molecule has 1 atom stereocenters. The Hall–Kier alpha value is -4.65. The van der Waals surface area contributed by atoms with Crippen molar-refractivity contribution in [2.24, 2.45) is 0 Å². The number of ketones is 1. The molecule has 0 unspecified atom stereocenters. The third-order valence-corrected chi connectivity index (χ3v) is 6.21. The summed E-state index contributed by atoms with van der Waals surface area (Å²) < 4.78 is 11.7. The van der Waals surface area contributed by atoms with Crippen molar-refractivity contribution in [3.05, 3.63) is 119 Å². The molecule has 0 saturated heterocycles. The summed E-state index contributed by atoms with van der Waals surface area (Å²) >= 11 is 0. The van der Waals surface area contributed by atoms with Gasteiger partial charge >= 0.3 is 5.97 Å². The van der Waals surface area contributed by atoms with E-state index in [1.165, 1.54) is 6.08 Å². The van der Waals surface area contributed by atoms with Crippen molar-refractivity contribution in [3.8, 4) is 17.2 Å². The lowest BCUT2D eigenvalue weighted by molar-refractivity contribution is -0.139. The van der Waals surface area contributed by atoms with Crippen molar-refractivity contribution in [2.45, 2.75) is 39.2 Å². The Morgan fingerprint density at radius 3 is 2.33 bits per heavy atom. The number of carbonyl (C=O) groups is 2. The van der Waals surface area contributed by atoms with Crippen molar-refractivity contribution < 1.29 is 23.8 Å². The number of benzene rings is 3. The van der Waals surface area contributed by atoms with E-state index in [1.54, 1.807) is 31.2 Å². The van der Waals surface area contributed by atoms with Crippen LogP contribution >= 0.6 is 0 Å². The van der Waals surface area contributed by atoms with Crippen LogP contribution in [0, 0.1) is 6.92 Å². The van der Waals surface area contributed by atoms with Crippen LogP contribution in [0.25, 0.3) is 11.5 Å². The predicted octanol–water partition coefficient (Wildman–Crippen LogP) is 6.03. The predicted molar refractivity (Wildman–Crippen MR) is 150 cm³/mol. The van der Waals surface area contributed by atoms with Crippen LogP contribution in [-0.2, 0) is 17.6 Å². The molecule has 0 aliphatic heterocycles. The highest BCUT2D eigenvalue weighted by atomic mass is 16.5. The number of aliphatic carboxylic acids is 1. The summed E-state index contributed by atoms with van der Waals surface area (Å²) in [5, 5.41) is 12.7. The first kappa shape index (κ1) is 27.4. The molecular weight excluding hydrogens is 492 g/mol. The molecule has 0 bridgehead atoms. The van der Waals surface area contributed by atoms with Gasteiger partial charge in [-0.2, -0.15) is 0 Å². The highest BCUT2D eigenvalue weighted by Gasteiger charge is 2.18. The molecule has 39 heavy (non-hydrogen) atoms. The molecular formula is C32H32N2O5. The van der Waals surface area contributed by atoms with E-state index in [2.05, 4.69) is 10.3 Å². The van der Waals surface area contributed by atoms with Gasteiger partial charge in [-0.3, -0.25) is 4.79 Å². The Morgan fingerprint density at radius 2 is 1.67 bits per heavy atom. The number of carbonyl (C=O) groups excluding carboxylic acids is 1. The van der Waals surface area contributed by atoms with Crippen molar-refractivity contribution >= 4 is 11.8 Å². The van der Waals surface area contributed by atoms with Gasteiger partial charge in [0.1, 0.15) is 17.6 Å². The third kappa shape index (κ3) is 7.92. The molecule has 3 aromatic carbocycles. The minimum Gasteiger partial charge on any atom is -0.494 e. The van der Waals surface area contributed by atoms with Crippen LogP contribution in [0.1, 0.15) is 40.7 Å². The summed E-state index contributed by atoms with van der Waals surface area (Å²) in [6, 6.07) is 25.2. The summed E-state index contributed by atoms with van der Waals surface area (Å²) in [6.07, 6.45) is 3.20. The zero-order valence-electron chi connectivity index (χ0n) is 22.1. The van der Waals surface area contributed by atoms with Gasteiger partial charge in [-0.05, 0) is 56.5 Å². The van der Waals surface area contributed by atoms with Gasteiger partial charge < -0.3 is 19.6 Å². The zero-order chi connectivity index (χ0) is 27.6. The molecule has 0 saturated carbocycles. The molecule has 1 aromatic heterocycles. The van der Waals surface area contributed by atoms with Crippen molar-refractivity contribution in [3.63, 3.8) is 0 Å². The monoisotopic (exact) mass is 524 g/mol. The molecule has 200 valence electrons. The number of oxazole rings is 1. The van der Waals surface area contributed by atoms with Gasteiger partial charge in [0.05, 0.1) is 12.3 Å². The van der Waals surface area contributed by atoms with Crippen LogP contribution in [0.5, 0.6) is 5.75 Å². The van der Waals surface area contributed by atoms with Crippen LogP contribution in [0.15, 0.2) is 101 Å². The molecule has 4 aromatic rings. The molecule has 0 radical (unpaired) electrons. The number of rotatable bonds is 13. The van der Waals surface area contributed by atoms with Gasteiger partial charge in [0.2, 0.25) is 5.89 Å². The first-order chi connectivity index (χ1) is 18.9. The summed E-state index contributed by atoms with van der Waals surface area (Å²) in [5.74, 6) is 0.983. The second kappa shape index (κ2) is 13.2. The van der Waals surface area contributed by atoms with Gasteiger partial charge in [0.25, 0.3) is 0 Å². The second-order valence-corrected chi connectivity index (χ2v) is 9.28. The van der Waals surface area contributed by atoms with E-state index in [9.17, 15) is 14.7 Å². The minimum atomic E-state index is -0.992. The smallest absolute Gasteiger partial charge is 0.326 e. The van der Waals surface area contributed by atoms with E-state index >= 15 is 0 Å². The maximum Gasteiger partial charge on any atom is 0.326 e. The first-order valence-electron chi connectivity index (χ1n) is 12.9. The maximum absolute atomic E-state index is 12.4. The standard InChI is InChI=1S/C32H32N2O5/c1-22(20-30(35)25-10-5-3-6-11-25)33-29(32(36)37)21-24-15-17-27(18-16-24)38-19-9-14-28-23(2)39-31(34-28)26-12-7-4-8-13-26/h3-8,10-13,15-18,20,29,33H,9,14,19,21H2,1-2H3,(H,36,37)/b22-20-/t29-/m0/s1. The molecule has 0 fully saturated rings. The van der Waals surface area contributed by atoms with E-state index in [4.69, 9.17) is 9.15 Å². The molecule has 0 amide bonds. The summed E-state index contributed by atoms with van der Waals surface area (Å²) in [6.45, 7) is 4.13.